The molecule has 0 heterocycles. The molecule has 3 N–H and O–H groups in total. The molecular formula is C12H22N2O3. The van der Waals surface area contributed by atoms with Crippen LogP contribution in [-0.2, 0) is 4.79 Å². The molecule has 0 saturated heterocycles. The monoisotopic (exact) mass is 242 g/mol. The third kappa shape index (κ3) is 6.14. The van der Waals surface area contributed by atoms with E-state index in [0.717, 1.165) is 12.3 Å². The summed E-state index contributed by atoms with van der Waals surface area (Å²) in [7, 11) is 0. The highest BCUT2D eigenvalue weighted by Crippen LogP contribution is 2.33. The maximum atomic E-state index is 11.3. The normalized spacial score (nSPS) is 16.3. The van der Waals surface area contributed by atoms with Crippen molar-refractivity contribution in [2.75, 3.05) is 13.1 Å². The van der Waals surface area contributed by atoms with E-state index in [0.29, 0.717) is 13.0 Å². The molecule has 1 fully saturated rings. The maximum Gasteiger partial charge on any atom is 0.314 e. The zero-order valence-corrected chi connectivity index (χ0v) is 10.4. The largest absolute Gasteiger partial charge is 0.481 e. The average molecular weight is 242 g/mol. The van der Waals surface area contributed by atoms with Crippen molar-refractivity contribution in [1.29, 1.82) is 0 Å². The van der Waals surface area contributed by atoms with E-state index in [4.69, 9.17) is 5.11 Å². The highest BCUT2D eigenvalue weighted by molar-refractivity contribution is 5.75. The van der Waals surface area contributed by atoms with Gasteiger partial charge in [-0.25, -0.2) is 4.79 Å². The van der Waals surface area contributed by atoms with Gasteiger partial charge in [-0.05, 0) is 25.2 Å². The van der Waals surface area contributed by atoms with E-state index in [1.165, 1.54) is 19.3 Å². The minimum Gasteiger partial charge on any atom is -0.481 e. The Hall–Kier alpha value is -1.26. The van der Waals surface area contributed by atoms with Gasteiger partial charge < -0.3 is 15.7 Å². The number of carboxylic acid groups (broad SMARTS) is 1. The zero-order chi connectivity index (χ0) is 12.7. The molecule has 1 unspecified atom stereocenters. The third-order valence-corrected chi connectivity index (χ3v) is 3.12. The topological polar surface area (TPSA) is 78.4 Å². The smallest absolute Gasteiger partial charge is 0.314 e. The van der Waals surface area contributed by atoms with Crippen LogP contribution >= 0.6 is 0 Å². The Morgan fingerprint density at radius 2 is 2.06 bits per heavy atom. The molecule has 5 nitrogen and oxygen atoms in total. The fraction of sp³-hybridized carbons (Fsp3) is 0.833. The van der Waals surface area contributed by atoms with Gasteiger partial charge in [0.25, 0.3) is 0 Å². The molecule has 0 radical (unpaired) electrons. The Kier molecular flexibility index (Phi) is 5.80. The second-order valence-corrected chi connectivity index (χ2v) is 4.67. The number of urea groups is 1. The summed E-state index contributed by atoms with van der Waals surface area (Å²) in [6, 6.07) is -0.263. The Bertz CT molecular complexity index is 264. The van der Waals surface area contributed by atoms with E-state index in [-0.39, 0.29) is 12.6 Å². The molecule has 1 aliphatic carbocycles. The molecule has 0 aromatic rings. The van der Waals surface area contributed by atoms with Crippen LogP contribution in [-0.4, -0.2) is 30.2 Å². The Morgan fingerprint density at radius 3 is 2.59 bits per heavy atom. The van der Waals surface area contributed by atoms with Crippen LogP contribution in [0.15, 0.2) is 0 Å². The first kappa shape index (κ1) is 13.8. The number of carbonyl (C=O) groups excluding carboxylic acids is 1. The van der Waals surface area contributed by atoms with Crippen LogP contribution in [0, 0.1) is 11.8 Å². The van der Waals surface area contributed by atoms with Crippen molar-refractivity contribution >= 4 is 12.0 Å². The highest BCUT2D eigenvalue weighted by Gasteiger charge is 2.20. The van der Waals surface area contributed by atoms with Gasteiger partial charge in [0.15, 0.2) is 0 Å². The number of nitrogens with one attached hydrogen (secondary N) is 2. The molecule has 1 aliphatic rings. The van der Waals surface area contributed by atoms with Crippen molar-refractivity contribution in [3.63, 3.8) is 0 Å². The zero-order valence-electron chi connectivity index (χ0n) is 10.4. The quantitative estimate of drug-likeness (QED) is 0.565. The lowest BCUT2D eigenvalue weighted by molar-refractivity contribution is -0.141. The van der Waals surface area contributed by atoms with Crippen LogP contribution in [0.3, 0.4) is 0 Å². The number of hydrogen-bond acceptors (Lipinski definition) is 2. The number of hydrogen-bond donors (Lipinski definition) is 3. The van der Waals surface area contributed by atoms with Crippen molar-refractivity contribution in [3.05, 3.63) is 0 Å². The fourth-order valence-electron chi connectivity index (χ4n) is 1.68. The minimum atomic E-state index is -0.860. The van der Waals surface area contributed by atoms with E-state index in [1.54, 1.807) is 6.92 Å². The second kappa shape index (κ2) is 7.14. The van der Waals surface area contributed by atoms with Gasteiger partial charge in [-0.2, -0.15) is 0 Å². The van der Waals surface area contributed by atoms with Crippen LogP contribution in [0.25, 0.3) is 0 Å². The van der Waals surface area contributed by atoms with Crippen molar-refractivity contribution < 1.29 is 14.7 Å². The first-order chi connectivity index (χ1) is 8.13. The van der Waals surface area contributed by atoms with E-state index >= 15 is 0 Å². The Labute approximate surface area is 102 Å². The van der Waals surface area contributed by atoms with Gasteiger partial charge in [0.2, 0.25) is 0 Å². The molecule has 1 atom stereocenters. The summed E-state index contributed by atoms with van der Waals surface area (Å²) in [5.41, 5.74) is 0. The number of carbonyl (C=O) groups is 2. The van der Waals surface area contributed by atoms with Crippen molar-refractivity contribution in [3.8, 4) is 0 Å². The van der Waals surface area contributed by atoms with Crippen LogP contribution in [0.5, 0.6) is 0 Å². The fourth-order valence-corrected chi connectivity index (χ4v) is 1.68. The van der Waals surface area contributed by atoms with E-state index < -0.39 is 11.9 Å². The number of aliphatic carboxylic acids is 1. The predicted octanol–water partition coefficient (Wildman–Crippen LogP) is 1.59. The van der Waals surface area contributed by atoms with Crippen LogP contribution in [0.4, 0.5) is 4.79 Å². The van der Waals surface area contributed by atoms with E-state index in [9.17, 15) is 9.59 Å². The Balaban J connectivity index is 2.00. The molecule has 5 heteroatoms. The average Bonchev–Trinajstić information content (AvgIpc) is 3.08. The molecule has 2 amide bonds. The first-order valence-corrected chi connectivity index (χ1v) is 6.38. The van der Waals surface area contributed by atoms with Crippen molar-refractivity contribution in [2.45, 2.75) is 39.0 Å². The second-order valence-electron chi connectivity index (χ2n) is 4.67. The van der Waals surface area contributed by atoms with Gasteiger partial charge in [-0.3, -0.25) is 4.79 Å². The van der Waals surface area contributed by atoms with Crippen LogP contribution in [0.1, 0.15) is 39.0 Å². The van der Waals surface area contributed by atoms with Gasteiger partial charge in [-0.15, -0.1) is 0 Å². The summed E-state index contributed by atoms with van der Waals surface area (Å²) in [6.45, 7) is 2.67. The lowest BCUT2D eigenvalue weighted by Gasteiger charge is -2.11. The molecule has 0 bridgehead atoms. The van der Waals surface area contributed by atoms with E-state index in [2.05, 4.69) is 10.6 Å². The van der Waals surface area contributed by atoms with Crippen molar-refractivity contribution in [1.82, 2.24) is 10.6 Å². The van der Waals surface area contributed by atoms with Gasteiger partial charge in [0, 0.05) is 13.1 Å². The molecular weight excluding hydrogens is 220 g/mol. The molecule has 0 aromatic carbocycles. The summed E-state index contributed by atoms with van der Waals surface area (Å²) in [5, 5.41) is 14.1. The van der Waals surface area contributed by atoms with Gasteiger partial charge in [0.05, 0.1) is 5.92 Å². The van der Waals surface area contributed by atoms with Gasteiger partial charge >= 0.3 is 12.0 Å². The summed E-state index contributed by atoms with van der Waals surface area (Å²) in [4.78, 5) is 22.0. The van der Waals surface area contributed by atoms with Gasteiger partial charge in [0.1, 0.15) is 0 Å². The SMILES string of the molecule is CCC(CNC(=O)NCCCC1CC1)C(=O)O. The lowest BCUT2D eigenvalue weighted by Crippen LogP contribution is -2.40. The predicted molar refractivity (Wildman–Crippen MR) is 64.8 cm³/mol. The molecule has 1 rings (SSSR count). The number of amides is 2. The van der Waals surface area contributed by atoms with Crippen LogP contribution < -0.4 is 10.6 Å². The minimum absolute atomic E-state index is 0.195. The van der Waals surface area contributed by atoms with Crippen molar-refractivity contribution in [2.24, 2.45) is 11.8 Å². The summed E-state index contributed by atoms with van der Waals surface area (Å²) >= 11 is 0. The van der Waals surface area contributed by atoms with E-state index in [1.807, 2.05) is 0 Å². The molecule has 0 aliphatic heterocycles. The number of carboxylic acids is 1. The molecule has 17 heavy (non-hydrogen) atoms. The lowest BCUT2D eigenvalue weighted by atomic mass is 10.1. The van der Waals surface area contributed by atoms with Gasteiger partial charge in [-0.1, -0.05) is 19.8 Å². The number of rotatable bonds is 8. The summed E-state index contributed by atoms with van der Waals surface area (Å²) < 4.78 is 0. The van der Waals surface area contributed by atoms with Crippen LogP contribution in [0.2, 0.25) is 0 Å². The molecule has 98 valence electrons. The molecule has 0 spiro atoms. The summed E-state index contributed by atoms with van der Waals surface area (Å²) in [6.07, 6.45) is 5.39. The molecule has 0 aromatic heterocycles. The maximum absolute atomic E-state index is 11.3. The molecule has 1 saturated carbocycles. The first-order valence-electron chi connectivity index (χ1n) is 6.38. The Morgan fingerprint density at radius 1 is 1.35 bits per heavy atom. The highest BCUT2D eigenvalue weighted by atomic mass is 16.4. The standard InChI is InChI=1S/C12H22N2O3/c1-2-10(11(15)16)8-14-12(17)13-7-3-4-9-5-6-9/h9-10H,2-8H2,1H3,(H,15,16)(H2,13,14,17). The summed E-state index contributed by atoms with van der Waals surface area (Å²) in [5.74, 6) is -0.468. The third-order valence-electron chi connectivity index (χ3n) is 3.12.